The number of aromatic carboxylic acids is 1. The van der Waals surface area contributed by atoms with E-state index in [1.807, 2.05) is 24.4 Å². The van der Waals surface area contributed by atoms with Crippen molar-refractivity contribution in [3.05, 3.63) is 88.3 Å². The van der Waals surface area contributed by atoms with Gasteiger partial charge in [0.25, 0.3) is 5.91 Å². The molecule has 7 heteroatoms. The minimum absolute atomic E-state index is 0.0148. The highest BCUT2D eigenvalue weighted by Gasteiger charge is 2.19. The molecule has 0 aliphatic rings. The van der Waals surface area contributed by atoms with E-state index in [9.17, 15) is 19.1 Å². The Morgan fingerprint density at radius 3 is 2.48 bits per heavy atom. The Balaban J connectivity index is 1.68. The van der Waals surface area contributed by atoms with Crippen LogP contribution in [0.3, 0.4) is 0 Å². The minimum Gasteiger partial charge on any atom is -0.478 e. The molecule has 156 valence electrons. The molecule has 0 aliphatic heterocycles. The standard InChI is InChI=1S/C24H18ClFN2O3/c1-2-13-12-27-21-8-7-14(9-18(13)21)15-10-19(25)22(20(26)11-15)28-23(29)16-5-3-4-6-17(16)24(30)31/h3-12,27H,2H2,1H3,(H,28,29)(H,30,31). The van der Waals surface area contributed by atoms with Crippen molar-refractivity contribution < 1.29 is 19.1 Å². The number of anilines is 1. The Morgan fingerprint density at radius 1 is 1.06 bits per heavy atom. The second kappa shape index (κ2) is 8.24. The van der Waals surface area contributed by atoms with Crippen LogP contribution < -0.4 is 5.32 Å². The topological polar surface area (TPSA) is 82.2 Å². The van der Waals surface area contributed by atoms with Gasteiger partial charge in [0.15, 0.2) is 0 Å². The molecule has 0 saturated carbocycles. The summed E-state index contributed by atoms with van der Waals surface area (Å²) in [6, 6.07) is 14.3. The lowest BCUT2D eigenvalue weighted by molar-refractivity contribution is 0.0692. The number of carbonyl (C=O) groups is 2. The highest BCUT2D eigenvalue weighted by Crippen LogP contribution is 2.34. The normalized spacial score (nSPS) is 10.9. The van der Waals surface area contributed by atoms with E-state index in [4.69, 9.17) is 11.6 Å². The van der Waals surface area contributed by atoms with E-state index in [2.05, 4.69) is 17.2 Å². The SMILES string of the molecule is CCc1c[nH]c2ccc(-c3cc(F)c(NC(=O)c4ccccc4C(=O)O)c(Cl)c3)cc12. The van der Waals surface area contributed by atoms with Gasteiger partial charge in [-0.2, -0.15) is 0 Å². The molecule has 0 bridgehead atoms. The van der Waals surface area contributed by atoms with Crippen LogP contribution in [0.15, 0.2) is 60.8 Å². The summed E-state index contributed by atoms with van der Waals surface area (Å²) >= 11 is 6.30. The number of halogens is 2. The number of hydrogen-bond donors (Lipinski definition) is 3. The molecule has 1 heterocycles. The van der Waals surface area contributed by atoms with Gasteiger partial charge in [0.2, 0.25) is 0 Å². The molecule has 3 aromatic carbocycles. The molecular weight excluding hydrogens is 419 g/mol. The third kappa shape index (κ3) is 3.90. The van der Waals surface area contributed by atoms with Gasteiger partial charge in [0.1, 0.15) is 5.82 Å². The number of hydrogen-bond acceptors (Lipinski definition) is 2. The smallest absolute Gasteiger partial charge is 0.336 e. The monoisotopic (exact) mass is 436 g/mol. The van der Waals surface area contributed by atoms with Gasteiger partial charge >= 0.3 is 5.97 Å². The van der Waals surface area contributed by atoms with Gasteiger partial charge in [-0.05, 0) is 59.5 Å². The van der Waals surface area contributed by atoms with Crippen molar-refractivity contribution in [2.45, 2.75) is 13.3 Å². The molecule has 5 nitrogen and oxygen atoms in total. The molecule has 0 aliphatic carbocycles. The summed E-state index contributed by atoms with van der Waals surface area (Å²) in [7, 11) is 0. The predicted molar refractivity (Wildman–Crippen MR) is 119 cm³/mol. The van der Waals surface area contributed by atoms with Gasteiger partial charge in [-0.25, -0.2) is 9.18 Å². The summed E-state index contributed by atoms with van der Waals surface area (Å²) in [6.45, 7) is 2.06. The van der Waals surface area contributed by atoms with Gasteiger partial charge < -0.3 is 15.4 Å². The number of amides is 1. The zero-order chi connectivity index (χ0) is 22.1. The highest BCUT2D eigenvalue weighted by molar-refractivity contribution is 6.34. The molecule has 1 amide bonds. The second-order valence-corrected chi connectivity index (χ2v) is 7.45. The van der Waals surface area contributed by atoms with Crippen LogP contribution in [-0.2, 0) is 6.42 Å². The van der Waals surface area contributed by atoms with Gasteiger partial charge in [-0.15, -0.1) is 0 Å². The van der Waals surface area contributed by atoms with Crippen LogP contribution in [0.4, 0.5) is 10.1 Å². The number of fused-ring (bicyclic) bond motifs is 1. The predicted octanol–water partition coefficient (Wildman–Crippen LogP) is 6.14. The fourth-order valence-electron chi connectivity index (χ4n) is 3.56. The van der Waals surface area contributed by atoms with Crippen molar-refractivity contribution >= 4 is 40.1 Å². The summed E-state index contributed by atoms with van der Waals surface area (Å²) < 4.78 is 14.9. The van der Waals surface area contributed by atoms with Crippen molar-refractivity contribution in [2.75, 3.05) is 5.32 Å². The molecule has 0 unspecified atom stereocenters. The summed E-state index contributed by atoms with van der Waals surface area (Å²) in [5.74, 6) is -2.72. The lowest BCUT2D eigenvalue weighted by Gasteiger charge is -2.12. The molecule has 0 spiro atoms. The lowest BCUT2D eigenvalue weighted by Crippen LogP contribution is -2.17. The van der Waals surface area contributed by atoms with E-state index in [1.54, 1.807) is 6.07 Å². The Kier molecular flexibility index (Phi) is 5.48. The Morgan fingerprint density at radius 2 is 1.81 bits per heavy atom. The number of nitrogens with one attached hydrogen (secondary N) is 2. The van der Waals surface area contributed by atoms with Crippen LogP contribution in [0.2, 0.25) is 5.02 Å². The minimum atomic E-state index is -1.25. The Hall–Kier alpha value is -3.64. The van der Waals surface area contributed by atoms with Crippen LogP contribution >= 0.6 is 11.6 Å². The highest BCUT2D eigenvalue weighted by atomic mass is 35.5. The van der Waals surface area contributed by atoms with E-state index in [-0.39, 0.29) is 21.8 Å². The number of aryl methyl sites for hydroxylation is 1. The first-order chi connectivity index (χ1) is 14.9. The largest absolute Gasteiger partial charge is 0.478 e. The van der Waals surface area contributed by atoms with Crippen molar-refractivity contribution in [3.8, 4) is 11.1 Å². The number of aromatic amines is 1. The van der Waals surface area contributed by atoms with E-state index in [0.29, 0.717) is 5.56 Å². The molecule has 31 heavy (non-hydrogen) atoms. The Labute approximate surface area is 182 Å². The maximum atomic E-state index is 14.9. The van der Waals surface area contributed by atoms with E-state index >= 15 is 0 Å². The van der Waals surface area contributed by atoms with Crippen LogP contribution in [-0.4, -0.2) is 22.0 Å². The van der Waals surface area contributed by atoms with Crippen LogP contribution in [0, 0.1) is 5.82 Å². The summed E-state index contributed by atoms with van der Waals surface area (Å²) in [6.07, 6.45) is 2.82. The number of carbonyl (C=O) groups excluding carboxylic acids is 1. The number of aromatic nitrogens is 1. The molecule has 0 atom stereocenters. The number of rotatable bonds is 5. The number of benzene rings is 3. The fraction of sp³-hybridized carbons (Fsp3) is 0.0833. The summed E-state index contributed by atoms with van der Waals surface area (Å²) in [5.41, 5.74) is 3.04. The van der Waals surface area contributed by atoms with E-state index in [1.165, 1.54) is 30.3 Å². The Bertz CT molecular complexity index is 1310. The molecule has 3 N–H and O–H groups in total. The van der Waals surface area contributed by atoms with Crippen LogP contribution in [0.25, 0.3) is 22.0 Å². The molecule has 1 aromatic heterocycles. The number of carboxylic acids is 1. The maximum Gasteiger partial charge on any atom is 0.336 e. The zero-order valence-electron chi connectivity index (χ0n) is 16.5. The van der Waals surface area contributed by atoms with E-state index < -0.39 is 17.7 Å². The van der Waals surface area contributed by atoms with Crippen molar-refractivity contribution in [1.82, 2.24) is 4.98 Å². The first-order valence-electron chi connectivity index (χ1n) is 9.62. The average Bonchev–Trinajstić information content (AvgIpc) is 3.18. The third-order valence-corrected chi connectivity index (χ3v) is 5.46. The van der Waals surface area contributed by atoms with Gasteiger partial charge in [0.05, 0.1) is 21.8 Å². The van der Waals surface area contributed by atoms with Crippen molar-refractivity contribution in [2.24, 2.45) is 0 Å². The van der Waals surface area contributed by atoms with Gasteiger partial charge in [-0.1, -0.05) is 36.7 Å². The van der Waals surface area contributed by atoms with E-state index in [0.717, 1.165) is 28.5 Å². The average molecular weight is 437 g/mol. The van der Waals surface area contributed by atoms with Crippen LogP contribution in [0.1, 0.15) is 33.2 Å². The molecule has 4 rings (SSSR count). The van der Waals surface area contributed by atoms with Crippen molar-refractivity contribution in [1.29, 1.82) is 0 Å². The van der Waals surface area contributed by atoms with Gasteiger partial charge in [-0.3, -0.25) is 4.79 Å². The molecule has 4 aromatic rings. The zero-order valence-corrected chi connectivity index (χ0v) is 17.3. The maximum absolute atomic E-state index is 14.9. The fourth-order valence-corrected chi connectivity index (χ4v) is 3.81. The quantitative estimate of drug-likeness (QED) is 0.351. The first kappa shape index (κ1) is 20.6. The molecule has 0 fully saturated rings. The first-order valence-corrected chi connectivity index (χ1v) is 10.00. The molecular formula is C24H18ClFN2O3. The van der Waals surface area contributed by atoms with Gasteiger partial charge in [0, 0.05) is 17.1 Å². The summed E-state index contributed by atoms with van der Waals surface area (Å²) in [4.78, 5) is 27.1. The van der Waals surface area contributed by atoms with Crippen molar-refractivity contribution in [3.63, 3.8) is 0 Å². The third-order valence-electron chi connectivity index (χ3n) is 5.16. The lowest BCUT2D eigenvalue weighted by atomic mass is 10.0. The summed E-state index contributed by atoms with van der Waals surface area (Å²) in [5, 5.41) is 12.7. The molecule has 0 radical (unpaired) electrons. The number of carboxylic acid groups (broad SMARTS) is 1. The van der Waals surface area contributed by atoms with Crippen LogP contribution in [0.5, 0.6) is 0 Å². The second-order valence-electron chi connectivity index (χ2n) is 7.05. The number of H-pyrrole nitrogens is 1. The molecule has 0 saturated heterocycles.